The molecule has 17 amide bonds. The number of aliphatic hydroxyl groups is 1. The van der Waals surface area contributed by atoms with Crippen molar-refractivity contribution in [2.75, 3.05) is 65.4 Å². The maximum atomic E-state index is 15.8. The van der Waals surface area contributed by atoms with Crippen LogP contribution in [0.3, 0.4) is 0 Å². The van der Waals surface area contributed by atoms with Crippen LogP contribution >= 0.6 is 23.1 Å². The third-order valence-electron chi connectivity index (χ3n) is 24.3. The lowest BCUT2D eigenvalue weighted by atomic mass is 10.00. The van der Waals surface area contributed by atoms with Crippen molar-refractivity contribution < 1.29 is 91.7 Å². The Morgan fingerprint density at radius 3 is 1.67 bits per heavy atom. The molecule has 135 heavy (non-hydrogen) atoms. The molecule has 3 aliphatic rings. The van der Waals surface area contributed by atoms with Gasteiger partial charge in [-0.1, -0.05) is 108 Å². The number of thioether (sulfide) groups is 1. The SMILES string of the molecule is CCCC[C@@H]1NC(=O)[C@H](Cc2cnc[nH]2)NC(=O)[C@@H]2CCCN2C(=O)[C@H](CC(N)=O)NC(=O)[C@H](C)N(C)C(=O)[C@H](Cc2ccc(O)cc2)NC(=O)CSC[C@@H](C(=O)NCC(N)=O)NC(=O)[C@H](CCCNC(=N)N)NC(=O)[C@H](CCCC)N(C)C(=O)[C@H](CCCC)N(C)C(=O)[C@H](Cc2csc3ccccc23)NC(=O)[C@H](CO)NC(=O)[C@H](Cc2c[nH]c3ccccc23)NC(=O)[C@H]2CCCN2C1=O. The summed E-state index contributed by atoms with van der Waals surface area (Å²) in [5.74, 6) is -16.9. The summed E-state index contributed by atoms with van der Waals surface area (Å²) in [5, 5.41) is 61.9. The first-order chi connectivity index (χ1) is 64.5. The average Bonchev–Trinajstić information content (AvgIpc) is 1.69. The van der Waals surface area contributed by atoms with Gasteiger partial charge >= 0.3 is 0 Å². The molecule has 0 aliphatic carbocycles. The third-order valence-corrected chi connectivity index (χ3v) is 26.4. The van der Waals surface area contributed by atoms with Gasteiger partial charge in [0.15, 0.2) is 5.96 Å². The zero-order valence-electron chi connectivity index (χ0n) is 77.0. The van der Waals surface area contributed by atoms with E-state index in [0.717, 1.165) is 36.5 Å². The zero-order valence-corrected chi connectivity index (χ0v) is 78.6. The molecule has 42 nitrogen and oxygen atoms in total. The molecule has 3 aromatic carbocycles. The number of benzene rings is 3. The van der Waals surface area contributed by atoms with Gasteiger partial charge in [-0.25, -0.2) is 4.98 Å². The van der Waals surface area contributed by atoms with Crippen LogP contribution in [-0.2, 0) is 107 Å². The van der Waals surface area contributed by atoms with E-state index in [-0.39, 0.29) is 109 Å². The number of aromatic nitrogens is 3. The van der Waals surface area contributed by atoms with Crippen molar-refractivity contribution in [2.45, 2.75) is 241 Å². The Hall–Kier alpha value is -13.3. The molecule has 0 saturated carbocycles. The number of nitrogens with zero attached hydrogens (tertiary/aromatic N) is 6. The van der Waals surface area contributed by atoms with E-state index in [9.17, 15) is 53.4 Å². The topological polar surface area (TPSA) is 626 Å². The normalized spacial score (nSPS) is 24.2. The van der Waals surface area contributed by atoms with Crippen molar-refractivity contribution in [3.63, 3.8) is 0 Å². The molecule has 732 valence electrons. The van der Waals surface area contributed by atoms with E-state index in [1.54, 1.807) is 41.9 Å². The van der Waals surface area contributed by atoms with Gasteiger partial charge in [-0.05, 0) is 116 Å². The first kappa shape index (κ1) is 105. The van der Waals surface area contributed by atoms with Crippen LogP contribution in [0.5, 0.6) is 5.75 Å². The molecule has 0 unspecified atom stereocenters. The number of thiophene rings is 1. The molecule has 0 spiro atoms. The van der Waals surface area contributed by atoms with Crippen LogP contribution in [0.4, 0.5) is 0 Å². The highest BCUT2D eigenvalue weighted by Crippen LogP contribution is 2.30. The molecule has 44 heteroatoms. The molecular weight excluding hydrogens is 1780 g/mol. The molecule has 0 bridgehead atoms. The predicted octanol–water partition coefficient (Wildman–Crippen LogP) is -1.02. The van der Waals surface area contributed by atoms with Gasteiger partial charge in [0.25, 0.3) is 0 Å². The van der Waals surface area contributed by atoms with E-state index in [1.807, 2.05) is 39.0 Å². The number of aromatic hydroxyl groups is 1. The summed E-state index contributed by atoms with van der Waals surface area (Å²) in [7, 11) is 3.95. The van der Waals surface area contributed by atoms with Crippen LogP contribution in [0.1, 0.15) is 153 Å². The number of carbonyl (C=O) groups excluding carboxylic acids is 17. The van der Waals surface area contributed by atoms with Crippen LogP contribution in [0.15, 0.2) is 96.9 Å². The average molecular weight is 1910 g/mol. The van der Waals surface area contributed by atoms with Crippen molar-refractivity contribution in [3.05, 3.63) is 119 Å². The Balaban J connectivity index is 1.10. The number of rotatable bonds is 27. The second-order valence-corrected chi connectivity index (χ2v) is 36.1. The number of nitrogens with two attached hydrogens (primary N) is 3. The number of likely N-dealkylation sites (N-methyl/N-ethyl adjacent to an activating group) is 3. The summed E-state index contributed by atoms with van der Waals surface area (Å²) >= 11 is 2.13. The molecule has 6 aromatic rings. The number of para-hydroxylation sites is 1. The largest absolute Gasteiger partial charge is 0.508 e. The van der Waals surface area contributed by atoms with Crippen LogP contribution < -0.4 is 75.7 Å². The molecule has 14 atom stereocenters. The minimum absolute atomic E-state index is 0.00490. The first-order valence-electron chi connectivity index (χ1n) is 45.5. The fourth-order valence-corrected chi connectivity index (χ4v) is 18.5. The van der Waals surface area contributed by atoms with Crippen LogP contribution in [0.2, 0.25) is 0 Å². The first-order valence-corrected chi connectivity index (χ1v) is 47.6. The van der Waals surface area contributed by atoms with Crippen LogP contribution in [-0.4, -0.2) is 306 Å². The Labute approximate surface area is 789 Å². The number of hydrogen-bond donors (Lipinski definition) is 19. The van der Waals surface area contributed by atoms with Gasteiger partial charge in [0, 0.05) is 106 Å². The monoisotopic (exact) mass is 1910 g/mol. The fourth-order valence-electron chi connectivity index (χ4n) is 16.6. The number of aromatic amines is 2. The molecule has 3 aliphatic heterocycles. The number of nitrogens with one attached hydrogen (secondary N) is 14. The number of hydrogen-bond acceptors (Lipinski definition) is 23. The lowest BCUT2D eigenvalue weighted by molar-refractivity contribution is -0.149. The summed E-state index contributed by atoms with van der Waals surface area (Å²) in [6.07, 6.45) is 5.65. The maximum Gasteiger partial charge on any atom is 0.246 e. The molecule has 3 fully saturated rings. The maximum absolute atomic E-state index is 15.8. The third kappa shape index (κ3) is 29.6. The Morgan fingerprint density at radius 2 is 1.05 bits per heavy atom. The highest BCUT2D eigenvalue weighted by atomic mass is 32.2. The molecule has 9 rings (SSSR count). The van der Waals surface area contributed by atoms with Gasteiger partial charge in [0.1, 0.15) is 90.3 Å². The number of imidazole rings is 1. The fraction of sp³-hybridized carbons (Fsp3) is 0.527. The van der Waals surface area contributed by atoms with Gasteiger partial charge in [-0.15, -0.1) is 23.1 Å². The predicted molar refractivity (Wildman–Crippen MR) is 502 cm³/mol. The number of guanidine groups is 1. The van der Waals surface area contributed by atoms with E-state index in [0.29, 0.717) is 71.8 Å². The number of phenols is 1. The molecule has 3 aromatic heterocycles. The Morgan fingerprint density at radius 1 is 0.519 bits per heavy atom. The number of primary amides is 2. The van der Waals surface area contributed by atoms with Crippen LogP contribution in [0.25, 0.3) is 21.0 Å². The smallest absolute Gasteiger partial charge is 0.246 e. The van der Waals surface area contributed by atoms with Crippen molar-refractivity contribution in [3.8, 4) is 5.75 Å². The van der Waals surface area contributed by atoms with Gasteiger partial charge in [0.2, 0.25) is 100 Å². The van der Waals surface area contributed by atoms with E-state index >= 15 is 38.4 Å². The van der Waals surface area contributed by atoms with E-state index in [4.69, 9.17) is 22.6 Å². The van der Waals surface area contributed by atoms with Crippen molar-refractivity contribution >= 4 is 150 Å². The van der Waals surface area contributed by atoms with Gasteiger partial charge in [0.05, 0.1) is 31.7 Å². The zero-order chi connectivity index (χ0) is 98.3. The second kappa shape index (κ2) is 51.3. The lowest BCUT2D eigenvalue weighted by Gasteiger charge is -2.36. The number of fused-ring (bicyclic) bond motifs is 4. The highest BCUT2D eigenvalue weighted by Gasteiger charge is 2.46. The van der Waals surface area contributed by atoms with Gasteiger partial charge < -0.3 is 120 Å². The summed E-state index contributed by atoms with van der Waals surface area (Å²) < 4.78 is 0.826. The van der Waals surface area contributed by atoms with Crippen molar-refractivity contribution in [1.82, 2.24) is 97.9 Å². The molecule has 3 saturated heterocycles. The van der Waals surface area contributed by atoms with Gasteiger partial charge in [-0.3, -0.25) is 86.9 Å². The Bertz CT molecular complexity index is 5190. The van der Waals surface area contributed by atoms with E-state index in [2.05, 4.69) is 73.4 Å². The minimum atomic E-state index is -1.84. The number of aliphatic hydroxyl groups excluding tert-OH is 1. The summed E-state index contributed by atoms with van der Waals surface area (Å²) in [6.45, 7) is 4.96. The number of unbranched alkanes of at least 4 members (excludes halogenated alkanes) is 3. The standard InChI is InChI=1S/C91H127N23O19S2/c1-8-11-23-61-88(131)113-36-19-28-70(113)84(127)104-62(39-53-43-98-59-24-16-14-21-57(53)59)80(123)108-67(46-115)82(125)107-65(40-54-47-135-73-30-17-15-22-58(54)73)87(130)112(7)72(27-13-10-3)90(133)111(6)69(26-12-9-2)83(126)102-60(25-18-35-97-91(94)95)79(122)109-68(78(121)99-45-75(93)118)48-134-49-76(119)101-64(38-52-31-33-56(116)34-32-52)86(129)110(5)51(4)77(120)106-66(42-74(92)117)89(132)114-37-20-29-71(114)85(128)105-63(81(124)103-61)41-55-44-96-50-100-55/h14-17,21-22,24,30-34,43-44,47,50-51,60-72,98,115-116H,8-13,18-20,23,25-29,35-42,45-46,48-49H2,1-7H3,(H2,92,117)(H2,93,118)(H,96,100)(H,99,121)(H,101,119)(H,102,126)(H,103,124)(H,104,127)(H,105,128)(H,106,120)(H,107,125)(H,108,123)(H,109,122)(H4,94,95,97)/t51-,60-,61-,62-,63-,64-,65-,66-,67-,68-,69-,70+,71-,72-/m0/s1. The summed E-state index contributed by atoms with van der Waals surface area (Å²) in [4.78, 5) is 266. The quantitative estimate of drug-likeness (QED) is 0.0167. The molecule has 6 heterocycles. The molecular formula is C91H127N23O19S2. The lowest BCUT2D eigenvalue weighted by Crippen LogP contribution is -2.61. The summed E-state index contributed by atoms with van der Waals surface area (Å²) in [5.41, 5.74) is 19.4. The number of amides is 17. The van der Waals surface area contributed by atoms with Crippen LogP contribution in [0, 0.1) is 5.41 Å². The minimum Gasteiger partial charge on any atom is -0.508 e. The van der Waals surface area contributed by atoms with E-state index < -0.39 is 222 Å². The second-order valence-electron chi connectivity index (χ2n) is 34.2. The molecule has 0 radical (unpaired) electrons. The van der Waals surface area contributed by atoms with Crippen molar-refractivity contribution in [2.24, 2.45) is 17.2 Å². The number of carbonyl (C=O) groups is 17. The highest BCUT2D eigenvalue weighted by molar-refractivity contribution is 8.00. The van der Waals surface area contributed by atoms with Crippen molar-refractivity contribution in [1.29, 1.82) is 5.41 Å². The Kier molecular flexibility index (Phi) is 40.0. The summed E-state index contributed by atoms with van der Waals surface area (Å²) in [6, 6.07) is -1.02. The number of phenolic OH excluding ortho intramolecular Hbond substituents is 1. The molecule has 22 N–H and O–H groups in total. The van der Waals surface area contributed by atoms with Gasteiger partial charge in [-0.2, -0.15) is 0 Å². The van der Waals surface area contributed by atoms with E-state index in [1.165, 1.54) is 86.0 Å². The number of H-pyrrole nitrogens is 2.